The van der Waals surface area contributed by atoms with Gasteiger partial charge in [0.05, 0.1) is 22.7 Å². The Morgan fingerprint density at radius 3 is 2.79 bits per heavy atom. The molecule has 0 amide bonds. The van der Waals surface area contributed by atoms with E-state index in [9.17, 15) is 0 Å². The fourth-order valence-corrected chi connectivity index (χ4v) is 3.63. The van der Waals surface area contributed by atoms with Gasteiger partial charge in [-0.3, -0.25) is 4.90 Å². The van der Waals surface area contributed by atoms with Crippen molar-refractivity contribution < 1.29 is 0 Å². The fraction of sp³-hybridized carbons (Fsp3) is 0.263. The van der Waals surface area contributed by atoms with Gasteiger partial charge in [0.15, 0.2) is 0 Å². The van der Waals surface area contributed by atoms with Gasteiger partial charge in [-0.2, -0.15) is 9.78 Å². The molecule has 3 heterocycles. The van der Waals surface area contributed by atoms with E-state index in [0.717, 1.165) is 34.4 Å². The second-order valence-electron chi connectivity index (χ2n) is 6.47. The molecule has 0 atom stereocenters. The van der Waals surface area contributed by atoms with Crippen LogP contribution in [0.5, 0.6) is 0 Å². The zero-order valence-corrected chi connectivity index (χ0v) is 13.4. The average Bonchev–Trinajstić information content (AvgIpc) is 3.33. The molecule has 5 nitrogen and oxygen atoms in total. The number of rotatable bonds is 3. The average molecular weight is 317 g/mol. The number of para-hydroxylation sites is 2. The quantitative estimate of drug-likeness (QED) is 0.629. The van der Waals surface area contributed by atoms with Gasteiger partial charge >= 0.3 is 0 Å². The topological polar surface area (TPSA) is 49.7 Å². The Bertz CT molecular complexity index is 1010. The lowest BCUT2D eigenvalue weighted by atomic mass is 10.2. The summed E-state index contributed by atoms with van der Waals surface area (Å²) in [6.45, 7) is 3.36. The number of H-pyrrole nitrogens is 1. The number of hydrogen-bond donors (Lipinski definition) is 1. The summed E-state index contributed by atoms with van der Waals surface area (Å²) in [6, 6.07) is 14.6. The van der Waals surface area contributed by atoms with E-state index in [4.69, 9.17) is 4.98 Å². The van der Waals surface area contributed by atoms with Crippen molar-refractivity contribution in [2.45, 2.75) is 19.4 Å². The number of nitrogens with one attached hydrogen (secondary N) is 1. The zero-order chi connectivity index (χ0) is 15.9. The number of hydrogen-bond acceptors (Lipinski definition) is 3. The number of benzene rings is 2. The summed E-state index contributed by atoms with van der Waals surface area (Å²) in [7, 11) is 0. The minimum Gasteiger partial charge on any atom is -0.322 e. The Kier molecular flexibility index (Phi) is 3.13. The number of fused-ring (bicyclic) bond motifs is 2. The number of aromatic nitrogens is 4. The van der Waals surface area contributed by atoms with Gasteiger partial charge in [0.1, 0.15) is 0 Å². The van der Waals surface area contributed by atoms with Gasteiger partial charge in [0, 0.05) is 11.9 Å². The highest BCUT2D eigenvalue weighted by atomic mass is 15.3. The van der Waals surface area contributed by atoms with Gasteiger partial charge < -0.3 is 4.98 Å². The maximum Gasteiger partial charge on any atom is 0.229 e. The van der Waals surface area contributed by atoms with Crippen LogP contribution in [0.2, 0.25) is 0 Å². The molecule has 1 aliphatic rings. The first-order valence-corrected chi connectivity index (χ1v) is 8.51. The Hall–Kier alpha value is -2.66. The normalized spacial score (nSPS) is 15.7. The molecule has 0 bridgehead atoms. The number of aromatic amines is 1. The molecule has 120 valence electrons. The Labute approximate surface area is 139 Å². The summed E-state index contributed by atoms with van der Waals surface area (Å²) in [6.07, 6.45) is 4.50. The van der Waals surface area contributed by atoms with Crippen LogP contribution in [0.15, 0.2) is 48.7 Å². The number of imidazole rings is 1. The maximum absolute atomic E-state index is 4.87. The molecular weight excluding hydrogens is 298 g/mol. The Balaban J connectivity index is 1.60. The molecule has 24 heavy (non-hydrogen) atoms. The van der Waals surface area contributed by atoms with Crippen molar-refractivity contribution in [3.63, 3.8) is 0 Å². The van der Waals surface area contributed by atoms with E-state index in [0.29, 0.717) is 0 Å². The molecule has 2 aromatic carbocycles. The lowest BCUT2D eigenvalue weighted by Gasteiger charge is -2.14. The molecule has 5 rings (SSSR count). The molecule has 1 aliphatic heterocycles. The second kappa shape index (κ2) is 5.46. The van der Waals surface area contributed by atoms with Crippen molar-refractivity contribution in [1.29, 1.82) is 0 Å². The summed E-state index contributed by atoms with van der Waals surface area (Å²) in [5.41, 5.74) is 4.48. The number of likely N-dealkylation sites (tertiary alicyclic amines) is 1. The summed E-state index contributed by atoms with van der Waals surface area (Å²) >= 11 is 0. The smallest absolute Gasteiger partial charge is 0.229 e. The molecule has 0 radical (unpaired) electrons. The third-order valence-electron chi connectivity index (χ3n) is 4.85. The van der Waals surface area contributed by atoms with E-state index in [2.05, 4.69) is 45.3 Å². The van der Waals surface area contributed by atoms with Crippen molar-refractivity contribution in [2.24, 2.45) is 0 Å². The predicted molar refractivity (Wildman–Crippen MR) is 95.2 cm³/mol. The van der Waals surface area contributed by atoms with Crippen LogP contribution in [0, 0.1) is 0 Å². The molecule has 5 heteroatoms. The molecule has 0 aliphatic carbocycles. The molecule has 0 unspecified atom stereocenters. The summed E-state index contributed by atoms with van der Waals surface area (Å²) in [5, 5.41) is 5.63. The second-order valence-corrected chi connectivity index (χ2v) is 6.47. The first-order valence-electron chi connectivity index (χ1n) is 8.51. The van der Waals surface area contributed by atoms with Gasteiger partial charge in [-0.1, -0.05) is 30.3 Å². The highest BCUT2D eigenvalue weighted by molar-refractivity contribution is 5.82. The van der Waals surface area contributed by atoms with Gasteiger partial charge in [0.25, 0.3) is 0 Å². The van der Waals surface area contributed by atoms with E-state index < -0.39 is 0 Å². The largest absolute Gasteiger partial charge is 0.322 e. The van der Waals surface area contributed by atoms with Crippen molar-refractivity contribution in [2.75, 3.05) is 13.1 Å². The lowest BCUT2D eigenvalue weighted by Crippen LogP contribution is -2.18. The summed E-state index contributed by atoms with van der Waals surface area (Å²) < 4.78 is 1.88. The monoisotopic (exact) mass is 317 g/mol. The van der Waals surface area contributed by atoms with Crippen LogP contribution in [0.3, 0.4) is 0 Å². The predicted octanol–water partition coefficient (Wildman–Crippen LogP) is 3.50. The Morgan fingerprint density at radius 1 is 1.00 bits per heavy atom. The Morgan fingerprint density at radius 2 is 1.88 bits per heavy atom. The van der Waals surface area contributed by atoms with E-state index >= 15 is 0 Å². The lowest BCUT2D eigenvalue weighted by molar-refractivity contribution is 0.332. The van der Waals surface area contributed by atoms with Gasteiger partial charge in [-0.05, 0) is 43.6 Å². The molecule has 1 N–H and O–H groups in total. The highest BCUT2D eigenvalue weighted by Crippen LogP contribution is 2.23. The van der Waals surface area contributed by atoms with Gasteiger partial charge in [0.2, 0.25) is 5.95 Å². The van der Waals surface area contributed by atoms with Crippen LogP contribution in [-0.4, -0.2) is 37.7 Å². The molecule has 4 aromatic rings. The summed E-state index contributed by atoms with van der Waals surface area (Å²) in [5.74, 6) is 0.778. The SMILES string of the molecule is c1ccc2c(c1)cnn2-c1nc2c(CN3CCCC3)cccc2[nH]1. The third-order valence-corrected chi connectivity index (χ3v) is 4.85. The molecule has 0 saturated carbocycles. The van der Waals surface area contributed by atoms with Gasteiger partial charge in [-0.15, -0.1) is 0 Å². The molecule has 1 fully saturated rings. The molecule has 2 aromatic heterocycles. The van der Waals surface area contributed by atoms with E-state index in [1.165, 1.54) is 31.5 Å². The van der Waals surface area contributed by atoms with E-state index in [1.807, 2.05) is 23.0 Å². The third kappa shape index (κ3) is 2.20. The van der Waals surface area contributed by atoms with Crippen molar-refractivity contribution in [3.05, 3.63) is 54.2 Å². The van der Waals surface area contributed by atoms with Crippen LogP contribution in [0.1, 0.15) is 18.4 Å². The van der Waals surface area contributed by atoms with E-state index in [1.54, 1.807) is 0 Å². The molecular formula is C19H19N5. The summed E-state index contributed by atoms with van der Waals surface area (Å²) in [4.78, 5) is 10.8. The minimum atomic E-state index is 0.778. The number of nitrogens with zero attached hydrogens (tertiary/aromatic N) is 4. The van der Waals surface area contributed by atoms with Crippen LogP contribution < -0.4 is 0 Å². The van der Waals surface area contributed by atoms with Crippen LogP contribution in [-0.2, 0) is 6.54 Å². The van der Waals surface area contributed by atoms with Crippen LogP contribution in [0.25, 0.3) is 27.9 Å². The van der Waals surface area contributed by atoms with Gasteiger partial charge in [-0.25, -0.2) is 4.98 Å². The standard InChI is InChI=1S/C19H19N5/c1-2-9-17-14(6-1)12-20-24(17)19-21-16-8-5-7-15(18(16)22-19)13-23-10-3-4-11-23/h1-2,5-9,12H,3-4,10-11,13H2,(H,21,22). The molecule has 0 spiro atoms. The zero-order valence-electron chi connectivity index (χ0n) is 13.4. The highest BCUT2D eigenvalue weighted by Gasteiger charge is 2.16. The van der Waals surface area contributed by atoms with Crippen molar-refractivity contribution in [3.8, 4) is 5.95 Å². The van der Waals surface area contributed by atoms with E-state index in [-0.39, 0.29) is 0 Å². The maximum atomic E-state index is 4.87. The first-order chi connectivity index (χ1) is 11.9. The van der Waals surface area contributed by atoms with Crippen LogP contribution in [0.4, 0.5) is 0 Å². The van der Waals surface area contributed by atoms with Crippen molar-refractivity contribution >= 4 is 21.9 Å². The van der Waals surface area contributed by atoms with Crippen molar-refractivity contribution in [1.82, 2.24) is 24.6 Å². The molecule has 1 saturated heterocycles. The first kappa shape index (κ1) is 13.7. The fourth-order valence-electron chi connectivity index (χ4n) is 3.63. The minimum absolute atomic E-state index is 0.778. The van der Waals surface area contributed by atoms with Crippen LogP contribution >= 0.6 is 0 Å².